The van der Waals surface area contributed by atoms with Crippen LogP contribution in [-0.4, -0.2) is 12.2 Å². The van der Waals surface area contributed by atoms with Gasteiger partial charge in [0, 0.05) is 0 Å². The lowest BCUT2D eigenvalue weighted by Crippen LogP contribution is -2.25. The van der Waals surface area contributed by atoms with Crippen LogP contribution >= 0.6 is 23.2 Å². The van der Waals surface area contributed by atoms with E-state index in [9.17, 15) is 9.50 Å². The summed E-state index contributed by atoms with van der Waals surface area (Å²) in [4.78, 5) is 0. The molecule has 0 heterocycles. The molecule has 2 aromatic carbocycles. The van der Waals surface area contributed by atoms with Crippen molar-refractivity contribution < 1.29 is 14.2 Å². The lowest BCUT2D eigenvalue weighted by molar-refractivity contribution is 0.0945. The van der Waals surface area contributed by atoms with Gasteiger partial charge in [-0.25, -0.2) is 4.39 Å². The first-order valence-electron chi connectivity index (χ1n) is 5.88. The molecule has 0 aliphatic rings. The Hall–Kier alpha value is -1.29. The summed E-state index contributed by atoms with van der Waals surface area (Å²) < 4.78 is 19.2. The number of rotatable bonds is 3. The fourth-order valence-electron chi connectivity index (χ4n) is 2.09. The smallest absolute Gasteiger partial charge is 0.133 e. The van der Waals surface area contributed by atoms with Crippen LogP contribution in [0.5, 0.6) is 5.75 Å². The molecule has 0 amide bonds. The zero-order valence-electron chi connectivity index (χ0n) is 11.0. The number of ether oxygens (including phenoxy) is 1. The molecular weight excluding hydrogens is 302 g/mol. The number of halogens is 3. The monoisotopic (exact) mass is 314 g/mol. The first kappa shape index (κ1) is 15.1. The molecule has 0 aliphatic heterocycles. The number of aliphatic hydroxyl groups is 1. The molecular formula is C15H13Cl2FO2. The summed E-state index contributed by atoms with van der Waals surface area (Å²) in [7, 11) is 1.42. The molecule has 0 saturated heterocycles. The molecule has 1 atom stereocenters. The summed E-state index contributed by atoms with van der Waals surface area (Å²) in [6.45, 7) is 1.48. The van der Waals surface area contributed by atoms with E-state index in [1.54, 1.807) is 18.2 Å². The predicted octanol–water partition coefficient (Wildman–Crippen LogP) is 4.40. The summed E-state index contributed by atoms with van der Waals surface area (Å²) in [5.74, 6) is -0.290. The van der Waals surface area contributed by atoms with Crippen molar-refractivity contribution in [3.8, 4) is 5.75 Å². The summed E-state index contributed by atoms with van der Waals surface area (Å²) in [6, 6.07) is 9.04. The molecule has 1 unspecified atom stereocenters. The molecule has 5 heteroatoms. The minimum atomic E-state index is -1.59. The molecule has 2 aromatic rings. The van der Waals surface area contributed by atoms with Gasteiger partial charge in [0.15, 0.2) is 0 Å². The van der Waals surface area contributed by atoms with Crippen LogP contribution in [0.3, 0.4) is 0 Å². The molecule has 1 N–H and O–H groups in total. The minimum Gasteiger partial charge on any atom is -0.496 e. The van der Waals surface area contributed by atoms with Crippen molar-refractivity contribution in [3.05, 3.63) is 63.4 Å². The van der Waals surface area contributed by atoms with Gasteiger partial charge in [0.1, 0.15) is 17.2 Å². The largest absolute Gasteiger partial charge is 0.496 e. The van der Waals surface area contributed by atoms with Gasteiger partial charge in [0.25, 0.3) is 0 Å². The van der Waals surface area contributed by atoms with E-state index in [1.165, 1.54) is 32.2 Å². The van der Waals surface area contributed by atoms with Gasteiger partial charge < -0.3 is 9.84 Å². The highest BCUT2D eigenvalue weighted by Crippen LogP contribution is 2.38. The Labute approximate surface area is 126 Å². The summed E-state index contributed by atoms with van der Waals surface area (Å²) in [5.41, 5.74) is -1.11. The van der Waals surface area contributed by atoms with E-state index in [2.05, 4.69) is 0 Å². The lowest BCUT2D eigenvalue weighted by Gasteiger charge is -2.27. The molecule has 20 heavy (non-hydrogen) atoms. The van der Waals surface area contributed by atoms with Crippen LogP contribution < -0.4 is 4.74 Å². The first-order chi connectivity index (χ1) is 9.37. The third kappa shape index (κ3) is 2.62. The van der Waals surface area contributed by atoms with E-state index < -0.39 is 11.4 Å². The van der Waals surface area contributed by atoms with Crippen molar-refractivity contribution in [3.63, 3.8) is 0 Å². The zero-order valence-corrected chi connectivity index (χ0v) is 12.5. The van der Waals surface area contributed by atoms with Gasteiger partial charge in [0.05, 0.1) is 22.7 Å². The topological polar surface area (TPSA) is 29.5 Å². The number of methoxy groups -OCH3 is 1. The molecule has 0 bridgehead atoms. The van der Waals surface area contributed by atoms with Crippen LogP contribution in [0.4, 0.5) is 4.39 Å². The third-order valence-corrected chi connectivity index (χ3v) is 3.90. The van der Waals surface area contributed by atoms with E-state index in [1.807, 2.05) is 0 Å². The Bertz CT molecular complexity index is 642. The second kappa shape index (κ2) is 5.60. The van der Waals surface area contributed by atoms with Gasteiger partial charge in [-0.2, -0.15) is 0 Å². The van der Waals surface area contributed by atoms with Crippen LogP contribution in [0.25, 0.3) is 0 Å². The normalized spacial score (nSPS) is 13.9. The van der Waals surface area contributed by atoms with E-state index in [0.717, 1.165) is 0 Å². The molecule has 0 radical (unpaired) electrons. The lowest BCUT2D eigenvalue weighted by atomic mass is 9.87. The maximum absolute atomic E-state index is 14.1. The maximum Gasteiger partial charge on any atom is 0.133 e. The summed E-state index contributed by atoms with van der Waals surface area (Å²) >= 11 is 11.8. The van der Waals surface area contributed by atoms with Gasteiger partial charge >= 0.3 is 0 Å². The highest BCUT2D eigenvalue weighted by atomic mass is 35.5. The van der Waals surface area contributed by atoms with Crippen molar-refractivity contribution in [2.45, 2.75) is 12.5 Å². The Morgan fingerprint density at radius 3 is 2.45 bits per heavy atom. The van der Waals surface area contributed by atoms with Gasteiger partial charge in [-0.3, -0.25) is 0 Å². The van der Waals surface area contributed by atoms with Crippen molar-refractivity contribution in [2.75, 3.05) is 7.11 Å². The van der Waals surface area contributed by atoms with Crippen LogP contribution in [0, 0.1) is 5.82 Å². The zero-order chi connectivity index (χ0) is 14.9. The van der Waals surface area contributed by atoms with Crippen LogP contribution in [-0.2, 0) is 5.60 Å². The fraction of sp³-hybridized carbons (Fsp3) is 0.200. The standard InChI is InChI=1S/C15H13Cl2FO2/c1-15(19,9-6-7-10(16)11(17)8-9)14-12(18)4-3-5-13(14)20-2/h3-8,19H,1-2H3. The van der Waals surface area contributed by atoms with Crippen molar-refractivity contribution in [2.24, 2.45) is 0 Å². The average molecular weight is 315 g/mol. The molecule has 0 aliphatic carbocycles. The van der Waals surface area contributed by atoms with Crippen LogP contribution in [0.2, 0.25) is 10.0 Å². The highest BCUT2D eigenvalue weighted by molar-refractivity contribution is 6.42. The van der Waals surface area contributed by atoms with Gasteiger partial charge in [-0.1, -0.05) is 35.3 Å². The first-order valence-corrected chi connectivity index (χ1v) is 6.64. The number of hydrogen-bond donors (Lipinski definition) is 1. The van der Waals surface area contributed by atoms with Gasteiger partial charge in [-0.15, -0.1) is 0 Å². The molecule has 106 valence electrons. The average Bonchev–Trinajstić information content (AvgIpc) is 2.41. The molecule has 0 saturated carbocycles. The third-order valence-electron chi connectivity index (χ3n) is 3.16. The van der Waals surface area contributed by atoms with Crippen LogP contribution in [0.1, 0.15) is 18.1 Å². The van der Waals surface area contributed by atoms with Crippen molar-refractivity contribution in [1.29, 1.82) is 0 Å². The second-order valence-electron chi connectivity index (χ2n) is 4.52. The number of hydrogen-bond acceptors (Lipinski definition) is 2. The van der Waals surface area contributed by atoms with E-state index in [4.69, 9.17) is 27.9 Å². The van der Waals surface area contributed by atoms with Crippen molar-refractivity contribution >= 4 is 23.2 Å². The van der Waals surface area contributed by atoms with E-state index in [0.29, 0.717) is 15.6 Å². The molecule has 2 nitrogen and oxygen atoms in total. The van der Waals surface area contributed by atoms with E-state index >= 15 is 0 Å². The Balaban J connectivity index is 2.62. The Kier molecular flexibility index (Phi) is 4.23. The molecule has 0 fully saturated rings. The SMILES string of the molecule is COc1cccc(F)c1C(C)(O)c1ccc(Cl)c(Cl)c1. The highest BCUT2D eigenvalue weighted by Gasteiger charge is 2.32. The van der Waals surface area contributed by atoms with Crippen molar-refractivity contribution in [1.82, 2.24) is 0 Å². The van der Waals surface area contributed by atoms with E-state index in [-0.39, 0.29) is 11.3 Å². The second-order valence-corrected chi connectivity index (χ2v) is 5.33. The van der Waals surface area contributed by atoms with Gasteiger partial charge in [0.2, 0.25) is 0 Å². The van der Waals surface area contributed by atoms with Crippen LogP contribution in [0.15, 0.2) is 36.4 Å². The Morgan fingerprint density at radius 1 is 1.15 bits per heavy atom. The van der Waals surface area contributed by atoms with Gasteiger partial charge in [-0.05, 0) is 36.8 Å². The fourth-order valence-corrected chi connectivity index (χ4v) is 2.39. The predicted molar refractivity (Wildman–Crippen MR) is 78.1 cm³/mol. The summed E-state index contributed by atoms with van der Waals surface area (Å²) in [6.07, 6.45) is 0. The summed E-state index contributed by atoms with van der Waals surface area (Å²) in [5, 5.41) is 11.4. The maximum atomic E-state index is 14.1. The molecule has 0 aromatic heterocycles. The molecule has 2 rings (SSSR count). The Morgan fingerprint density at radius 2 is 1.85 bits per heavy atom. The quantitative estimate of drug-likeness (QED) is 0.910. The number of benzene rings is 2. The minimum absolute atomic E-state index is 0.0564. The molecule has 0 spiro atoms.